The van der Waals surface area contributed by atoms with Gasteiger partial charge in [0.15, 0.2) is 11.5 Å². The van der Waals surface area contributed by atoms with Crippen molar-refractivity contribution >= 4 is 12.2 Å². The maximum atomic E-state index is 10.2. The van der Waals surface area contributed by atoms with E-state index >= 15 is 0 Å². The van der Waals surface area contributed by atoms with Crippen molar-refractivity contribution in [1.82, 2.24) is 9.97 Å². The van der Waals surface area contributed by atoms with E-state index in [1.54, 1.807) is 27.2 Å². The fourth-order valence-corrected chi connectivity index (χ4v) is 3.49. The first-order valence-corrected chi connectivity index (χ1v) is 10.9. The average Bonchev–Trinajstić information content (AvgIpc) is 2.88. The number of benzene rings is 3. The quantitative estimate of drug-likeness (QED) is 0.248. The maximum absolute atomic E-state index is 10.2. The van der Waals surface area contributed by atoms with Gasteiger partial charge < -0.3 is 19.7 Å². The zero-order valence-corrected chi connectivity index (χ0v) is 19.9. The number of nitrogens with one attached hydrogen (secondary N) is 1. The number of hydrogen-bond donors (Lipinski definition) is 3. The van der Waals surface area contributed by atoms with Gasteiger partial charge in [0.05, 0.1) is 31.8 Å². The van der Waals surface area contributed by atoms with Crippen molar-refractivity contribution in [3.8, 4) is 45.5 Å². The Morgan fingerprint density at radius 1 is 0.800 bits per heavy atom. The predicted octanol–water partition coefficient (Wildman–Crippen LogP) is 5.30. The van der Waals surface area contributed by atoms with Gasteiger partial charge in [0.25, 0.3) is 0 Å². The van der Waals surface area contributed by atoms with Crippen LogP contribution in [0.2, 0.25) is 0 Å². The van der Waals surface area contributed by atoms with Crippen LogP contribution in [0.15, 0.2) is 65.8 Å². The molecule has 0 fully saturated rings. The van der Waals surface area contributed by atoms with Crippen LogP contribution in [0, 0.1) is 13.8 Å². The molecular weight excluding hydrogens is 444 g/mol. The molecule has 0 amide bonds. The number of ether oxygens (including phenoxy) is 2. The summed E-state index contributed by atoms with van der Waals surface area (Å²) in [6.45, 7) is 3.65. The fourth-order valence-electron chi connectivity index (χ4n) is 3.49. The van der Waals surface area contributed by atoms with Crippen molar-refractivity contribution in [1.29, 1.82) is 0 Å². The van der Waals surface area contributed by atoms with Crippen molar-refractivity contribution in [2.24, 2.45) is 5.10 Å². The topological polar surface area (TPSA) is 109 Å². The Labute approximate surface area is 203 Å². The van der Waals surface area contributed by atoms with E-state index in [2.05, 4.69) is 20.5 Å². The molecule has 0 spiro atoms. The molecule has 0 saturated carbocycles. The number of aromatic nitrogens is 2. The molecule has 0 atom stereocenters. The van der Waals surface area contributed by atoms with E-state index in [0.29, 0.717) is 34.0 Å². The van der Waals surface area contributed by atoms with Crippen molar-refractivity contribution in [3.63, 3.8) is 0 Å². The van der Waals surface area contributed by atoms with Gasteiger partial charge in [-0.05, 0) is 50.2 Å². The molecule has 0 radical (unpaired) electrons. The second kappa shape index (κ2) is 10.1. The molecule has 4 aromatic rings. The van der Waals surface area contributed by atoms with Gasteiger partial charge >= 0.3 is 0 Å². The lowest BCUT2D eigenvalue weighted by Gasteiger charge is -2.11. The third-order valence-corrected chi connectivity index (χ3v) is 5.55. The number of nitrogens with zero attached hydrogens (tertiary/aromatic N) is 3. The van der Waals surface area contributed by atoms with Crippen molar-refractivity contribution < 1.29 is 19.7 Å². The molecule has 178 valence electrons. The van der Waals surface area contributed by atoms with E-state index in [1.165, 1.54) is 12.3 Å². The second-order valence-electron chi connectivity index (χ2n) is 7.92. The summed E-state index contributed by atoms with van der Waals surface area (Å²) in [6, 6.07) is 18.6. The normalized spacial score (nSPS) is 11.0. The molecule has 0 bridgehead atoms. The minimum Gasteiger partial charge on any atom is -0.508 e. The highest BCUT2D eigenvalue weighted by Crippen LogP contribution is 2.33. The minimum atomic E-state index is -0.0455. The first-order chi connectivity index (χ1) is 16.9. The third-order valence-electron chi connectivity index (χ3n) is 5.55. The predicted molar refractivity (Wildman–Crippen MR) is 136 cm³/mol. The number of anilines is 1. The first-order valence-electron chi connectivity index (χ1n) is 10.9. The van der Waals surface area contributed by atoms with E-state index < -0.39 is 0 Å². The van der Waals surface area contributed by atoms with Crippen LogP contribution in [-0.4, -0.2) is 40.6 Å². The second-order valence-corrected chi connectivity index (χ2v) is 7.92. The molecule has 0 aliphatic heterocycles. The van der Waals surface area contributed by atoms with Gasteiger partial charge in [-0.2, -0.15) is 5.10 Å². The summed E-state index contributed by atoms with van der Waals surface area (Å²) in [5.41, 5.74) is 7.95. The van der Waals surface area contributed by atoms with Crippen molar-refractivity contribution in [3.05, 3.63) is 77.4 Å². The molecule has 3 aromatic carbocycles. The number of phenols is 2. The summed E-state index contributed by atoms with van der Waals surface area (Å²) in [4.78, 5) is 9.25. The Bertz CT molecular complexity index is 1390. The Morgan fingerprint density at radius 3 is 2.14 bits per heavy atom. The number of rotatable bonds is 7. The lowest BCUT2D eigenvalue weighted by atomic mass is 10.1. The largest absolute Gasteiger partial charge is 0.508 e. The molecule has 0 aliphatic rings. The molecule has 0 aliphatic carbocycles. The SMILES string of the molecule is COc1ccc(-c2cc(-c3ccc(C)cc3)nc(N/N=C/c3ccc(O)c(C)c3O)n2)cc1OC. The molecule has 8 nitrogen and oxygen atoms in total. The molecule has 1 heterocycles. The summed E-state index contributed by atoms with van der Waals surface area (Å²) in [7, 11) is 3.17. The van der Waals surface area contributed by atoms with E-state index in [1.807, 2.05) is 55.5 Å². The number of aryl methyl sites for hydroxylation is 1. The Morgan fingerprint density at radius 2 is 1.46 bits per heavy atom. The summed E-state index contributed by atoms with van der Waals surface area (Å²) in [5, 5.41) is 24.2. The highest BCUT2D eigenvalue weighted by molar-refractivity contribution is 5.85. The van der Waals surface area contributed by atoms with Gasteiger partial charge in [-0.3, -0.25) is 0 Å². The first kappa shape index (κ1) is 23.6. The van der Waals surface area contributed by atoms with Crippen LogP contribution in [-0.2, 0) is 0 Å². The van der Waals surface area contributed by atoms with Gasteiger partial charge in [-0.1, -0.05) is 29.8 Å². The molecule has 4 rings (SSSR count). The van der Waals surface area contributed by atoms with Gasteiger partial charge in [0.2, 0.25) is 5.95 Å². The lowest BCUT2D eigenvalue weighted by Crippen LogP contribution is -2.01. The van der Waals surface area contributed by atoms with Gasteiger partial charge in [0.1, 0.15) is 11.5 Å². The lowest BCUT2D eigenvalue weighted by molar-refractivity contribution is 0.355. The number of methoxy groups -OCH3 is 2. The Balaban J connectivity index is 1.73. The van der Waals surface area contributed by atoms with Crippen LogP contribution in [0.4, 0.5) is 5.95 Å². The van der Waals surface area contributed by atoms with Crippen LogP contribution in [0.25, 0.3) is 22.5 Å². The monoisotopic (exact) mass is 470 g/mol. The standard InChI is InChI=1S/C27H26N4O4/c1-16-5-7-18(8-6-16)21-14-22(19-10-12-24(34-3)25(13-19)35-4)30-27(29-21)31-28-15-20-9-11-23(32)17(2)26(20)33/h5-15,32-33H,1-4H3,(H,29,30,31)/b28-15+. The van der Waals surface area contributed by atoms with Crippen LogP contribution in [0.3, 0.4) is 0 Å². The molecule has 1 aromatic heterocycles. The molecule has 35 heavy (non-hydrogen) atoms. The van der Waals surface area contributed by atoms with Crippen LogP contribution >= 0.6 is 0 Å². The van der Waals surface area contributed by atoms with Crippen LogP contribution < -0.4 is 14.9 Å². The molecular formula is C27H26N4O4. The van der Waals surface area contributed by atoms with Gasteiger partial charge in [-0.15, -0.1) is 0 Å². The zero-order valence-electron chi connectivity index (χ0n) is 19.9. The van der Waals surface area contributed by atoms with Gasteiger partial charge in [-0.25, -0.2) is 15.4 Å². The fraction of sp³-hybridized carbons (Fsp3) is 0.148. The zero-order chi connectivity index (χ0) is 24.9. The van der Waals surface area contributed by atoms with E-state index in [-0.39, 0.29) is 17.4 Å². The molecule has 0 unspecified atom stereocenters. The summed E-state index contributed by atoms with van der Waals surface area (Å²) in [6.07, 6.45) is 1.44. The van der Waals surface area contributed by atoms with E-state index in [9.17, 15) is 10.2 Å². The summed E-state index contributed by atoms with van der Waals surface area (Å²) < 4.78 is 10.8. The smallest absolute Gasteiger partial charge is 0.244 e. The van der Waals surface area contributed by atoms with E-state index in [4.69, 9.17) is 9.47 Å². The van der Waals surface area contributed by atoms with Crippen molar-refractivity contribution in [2.45, 2.75) is 13.8 Å². The summed E-state index contributed by atoms with van der Waals surface area (Å²) >= 11 is 0. The maximum Gasteiger partial charge on any atom is 0.244 e. The van der Waals surface area contributed by atoms with E-state index in [0.717, 1.165) is 16.7 Å². The highest BCUT2D eigenvalue weighted by atomic mass is 16.5. The number of hydrogen-bond acceptors (Lipinski definition) is 8. The minimum absolute atomic E-state index is 0.0151. The van der Waals surface area contributed by atoms with Crippen LogP contribution in [0.1, 0.15) is 16.7 Å². The molecule has 0 saturated heterocycles. The number of aromatic hydroxyl groups is 2. The van der Waals surface area contributed by atoms with Crippen LogP contribution in [0.5, 0.6) is 23.0 Å². The number of phenolic OH excluding ortho intramolecular Hbond substituents is 2. The molecule has 8 heteroatoms. The average molecular weight is 471 g/mol. The third kappa shape index (κ3) is 5.16. The highest BCUT2D eigenvalue weighted by Gasteiger charge is 2.12. The summed E-state index contributed by atoms with van der Waals surface area (Å²) in [5.74, 6) is 1.46. The number of hydrazone groups is 1. The Hall–Kier alpha value is -4.59. The van der Waals surface area contributed by atoms with Crippen molar-refractivity contribution in [2.75, 3.05) is 19.6 Å². The Kier molecular flexibility index (Phi) is 6.82. The molecule has 3 N–H and O–H groups in total. The van der Waals surface area contributed by atoms with Gasteiger partial charge in [0, 0.05) is 22.3 Å².